The van der Waals surface area contributed by atoms with E-state index >= 15 is 0 Å². The minimum atomic E-state index is -0.405. The molecular weight excluding hydrogens is 378 g/mol. The average molecular weight is 401 g/mol. The molecule has 7 heteroatoms. The molecule has 1 aromatic heterocycles. The maximum Gasteiger partial charge on any atom is 0.337 e. The Labute approximate surface area is 168 Å². The zero-order valence-electron chi connectivity index (χ0n) is 16.0. The molecule has 0 saturated carbocycles. The minimum absolute atomic E-state index is 0.405. The van der Waals surface area contributed by atoms with Crippen LogP contribution in [-0.2, 0) is 4.74 Å². The van der Waals surface area contributed by atoms with Crippen molar-refractivity contribution in [3.8, 4) is 16.7 Å². The van der Waals surface area contributed by atoms with Gasteiger partial charge >= 0.3 is 5.97 Å². The molecule has 3 rings (SSSR count). The summed E-state index contributed by atoms with van der Waals surface area (Å²) >= 11 is 1.57. The van der Waals surface area contributed by atoms with Crippen molar-refractivity contribution in [2.24, 2.45) is 0 Å². The molecule has 148 valence electrons. The number of hydrogen-bond acceptors (Lipinski definition) is 7. The predicted molar refractivity (Wildman–Crippen MR) is 109 cm³/mol. The van der Waals surface area contributed by atoms with Crippen LogP contribution in [0.3, 0.4) is 0 Å². The fourth-order valence-electron chi connectivity index (χ4n) is 2.67. The lowest BCUT2D eigenvalue weighted by Gasteiger charge is -2.11. The molecule has 0 amide bonds. The van der Waals surface area contributed by atoms with Gasteiger partial charge in [-0.15, -0.1) is 0 Å². The molecule has 0 fully saturated rings. The normalized spacial score (nSPS) is 10.6. The Morgan fingerprint density at radius 2 is 1.75 bits per heavy atom. The summed E-state index contributed by atoms with van der Waals surface area (Å²) in [5.41, 5.74) is 1.40. The average Bonchev–Trinajstić information content (AvgIpc) is 3.15. The first-order valence-electron chi connectivity index (χ1n) is 9.09. The number of aromatic nitrogens is 1. The van der Waals surface area contributed by atoms with Gasteiger partial charge in [0.15, 0.2) is 11.5 Å². The van der Waals surface area contributed by atoms with Crippen molar-refractivity contribution in [2.75, 3.05) is 27.4 Å². The number of unbranched alkanes of at least 4 members (excludes halogenated alkanes) is 2. The van der Waals surface area contributed by atoms with Crippen LogP contribution in [0.2, 0.25) is 0 Å². The lowest BCUT2D eigenvalue weighted by Crippen LogP contribution is -2.04. The van der Waals surface area contributed by atoms with E-state index in [-0.39, 0.29) is 0 Å². The molecule has 3 aromatic rings. The molecule has 28 heavy (non-hydrogen) atoms. The Balaban J connectivity index is 1.37. The van der Waals surface area contributed by atoms with Crippen molar-refractivity contribution in [1.29, 1.82) is 0 Å². The quantitative estimate of drug-likeness (QED) is 0.362. The molecule has 1 heterocycles. The van der Waals surface area contributed by atoms with Crippen molar-refractivity contribution >= 4 is 27.5 Å². The number of carbonyl (C=O) groups is 1. The number of methoxy groups -OCH3 is 2. The highest BCUT2D eigenvalue weighted by molar-refractivity contribution is 7.20. The Morgan fingerprint density at radius 1 is 0.964 bits per heavy atom. The van der Waals surface area contributed by atoms with E-state index in [1.165, 1.54) is 7.11 Å². The van der Waals surface area contributed by atoms with Gasteiger partial charge in [0.25, 0.3) is 5.19 Å². The molecule has 0 radical (unpaired) electrons. The number of fused-ring (bicyclic) bond motifs is 1. The van der Waals surface area contributed by atoms with Crippen LogP contribution in [0.15, 0.2) is 42.5 Å². The second-order valence-electron chi connectivity index (χ2n) is 6.06. The minimum Gasteiger partial charge on any atom is -0.493 e. The number of nitrogens with zero attached hydrogens (tertiary/aromatic N) is 1. The van der Waals surface area contributed by atoms with Crippen molar-refractivity contribution in [3.63, 3.8) is 0 Å². The van der Waals surface area contributed by atoms with Crippen molar-refractivity contribution in [2.45, 2.75) is 19.3 Å². The summed E-state index contributed by atoms with van der Waals surface area (Å²) in [7, 11) is 2.89. The van der Waals surface area contributed by atoms with E-state index in [1.807, 2.05) is 24.3 Å². The molecular formula is C21H23NO5S. The smallest absolute Gasteiger partial charge is 0.337 e. The molecule has 0 unspecified atom stereocenters. The van der Waals surface area contributed by atoms with Crippen molar-refractivity contribution < 1.29 is 23.7 Å². The SMILES string of the molecule is COC(=O)c1ccc(OCCCCCOc2nc3ccccc3s2)c(OC)c1. The Hall–Kier alpha value is -2.80. The van der Waals surface area contributed by atoms with Gasteiger partial charge in [0.1, 0.15) is 0 Å². The highest BCUT2D eigenvalue weighted by atomic mass is 32.1. The summed E-state index contributed by atoms with van der Waals surface area (Å²) < 4.78 is 22.7. The zero-order chi connectivity index (χ0) is 19.8. The standard InChI is InChI=1S/C21H23NO5S/c1-24-18-14-15(20(23)25-2)10-11-17(18)26-12-6-3-7-13-27-21-22-16-8-4-5-9-19(16)28-21/h4-5,8-11,14H,3,6-7,12-13H2,1-2H3. The monoisotopic (exact) mass is 401 g/mol. The van der Waals surface area contributed by atoms with Crippen molar-refractivity contribution in [3.05, 3.63) is 48.0 Å². The van der Waals surface area contributed by atoms with Gasteiger partial charge in [-0.1, -0.05) is 23.5 Å². The lowest BCUT2D eigenvalue weighted by atomic mass is 10.2. The summed E-state index contributed by atoms with van der Waals surface area (Å²) in [5, 5.41) is 0.716. The second-order valence-corrected chi connectivity index (χ2v) is 7.06. The van der Waals surface area contributed by atoms with Crippen LogP contribution >= 0.6 is 11.3 Å². The van der Waals surface area contributed by atoms with Gasteiger partial charge in [-0.05, 0) is 49.6 Å². The fraction of sp³-hybridized carbons (Fsp3) is 0.333. The van der Waals surface area contributed by atoms with E-state index in [9.17, 15) is 4.79 Å². The summed E-state index contributed by atoms with van der Waals surface area (Å²) in [6.07, 6.45) is 2.80. The Bertz CT molecular complexity index is 891. The zero-order valence-corrected chi connectivity index (χ0v) is 16.8. The van der Waals surface area contributed by atoms with Crippen LogP contribution in [0, 0.1) is 0 Å². The first kappa shape index (κ1) is 19.9. The van der Waals surface area contributed by atoms with Crippen LogP contribution in [-0.4, -0.2) is 38.4 Å². The molecule has 0 aliphatic heterocycles. The number of ether oxygens (including phenoxy) is 4. The summed E-state index contributed by atoms with van der Waals surface area (Å²) in [4.78, 5) is 16.0. The van der Waals surface area contributed by atoms with E-state index < -0.39 is 5.97 Å². The molecule has 0 saturated heterocycles. The van der Waals surface area contributed by atoms with E-state index in [0.29, 0.717) is 35.5 Å². The van der Waals surface area contributed by atoms with E-state index in [0.717, 1.165) is 29.5 Å². The van der Waals surface area contributed by atoms with Crippen LogP contribution in [0.25, 0.3) is 10.2 Å². The third-order valence-electron chi connectivity index (χ3n) is 4.13. The van der Waals surface area contributed by atoms with E-state index in [2.05, 4.69) is 4.98 Å². The Morgan fingerprint density at radius 3 is 2.50 bits per heavy atom. The summed E-state index contributed by atoms with van der Waals surface area (Å²) in [6.45, 7) is 1.20. The fourth-order valence-corrected chi connectivity index (χ4v) is 3.51. The summed E-state index contributed by atoms with van der Waals surface area (Å²) in [6, 6.07) is 13.0. The molecule has 0 aliphatic rings. The number of para-hydroxylation sites is 1. The topological polar surface area (TPSA) is 66.9 Å². The van der Waals surface area contributed by atoms with Gasteiger partial charge in [0.2, 0.25) is 0 Å². The molecule has 0 aliphatic carbocycles. The van der Waals surface area contributed by atoms with Crippen LogP contribution in [0.5, 0.6) is 16.7 Å². The largest absolute Gasteiger partial charge is 0.493 e. The van der Waals surface area contributed by atoms with Gasteiger partial charge in [0.05, 0.1) is 43.2 Å². The van der Waals surface area contributed by atoms with Crippen LogP contribution < -0.4 is 14.2 Å². The number of rotatable bonds is 10. The van der Waals surface area contributed by atoms with Gasteiger partial charge < -0.3 is 18.9 Å². The number of hydrogen-bond donors (Lipinski definition) is 0. The first-order valence-corrected chi connectivity index (χ1v) is 9.90. The molecule has 6 nitrogen and oxygen atoms in total. The Kier molecular flexibility index (Phi) is 7.08. The number of benzene rings is 2. The maximum absolute atomic E-state index is 11.6. The van der Waals surface area contributed by atoms with Crippen LogP contribution in [0.1, 0.15) is 29.6 Å². The highest BCUT2D eigenvalue weighted by Crippen LogP contribution is 2.29. The van der Waals surface area contributed by atoms with Gasteiger partial charge in [-0.25, -0.2) is 9.78 Å². The maximum atomic E-state index is 11.6. The molecule has 0 atom stereocenters. The highest BCUT2D eigenvalue weighted by Gasteiger charge is 2.11. The number of thiazole rings is 1. The lowest BCUT2D eigenvalue weighted by molar-refractivity contribution is 0.0600. The summed E-state index contributed by atoms with van der Waals surface area (Å²) in [5.74, 6) is 0.723. The number of esters is 1. The molecule has 0 spiro atoms. The molecule has 0 bridgehead atoms. The second kappa shape index (κ2) is 9.94. The van der Waals surface area contributed by atoms with E-state index in [4.69, 9.17) is 18.9 Å². The van der Waals surface area contributed by atoms with Crippen molar-refractivity contribution in [1.82, 2.24) is 4.98 Å². The van der Waals surface area contributed by atoms with E-state index in [1.54, 1.807) is 36.6 Å². The van der Waals surface area contributed by atoms with Gasteiger partial charge in [0, 0.05) is 0 Å². The third-order valence-corrected chi connectivity index (χ3v) is 5.08. The number of carbonyl (C=O) groups excluding carboxylic acids is 1. The van der Waals surface area contributed by atoms with Gasteiger partial charge in [-0.2, -0.15) is 0 Å². The van der Waals surface area contributed by atoms with Gasteiger partial charge in [-0.3, -0.25) is 0 Å². The molecule has 2 aromatic carbocycles. The third kappa shape index (κ3) is 5.13. The first-order chi connectivity index (χ1) is 13.7. The predicted octanol–water partition coefficient (Wildman–Crippen LogP) is 4.72. The molecule has 0 N–H and O–H groups in total. The van der Waals surface area contributed by atoms with Crippen LogP contribution in [0.4, 0.5) is 0 Å².